The number of carbonyl (C=O) groups is 1. The number of benzene rings is 2. The van der Waals surface area contributed by atoms with Crippen LogP contribution in [0.3, 0.4) is 0 Å². The number of rotatable bonds is 8. The van der Waals surface area contributed by atoms with Gasteiger partial charge in [0.1, 0.15) is 0 Å². The number of aryl methyl sites for hydroxylation is 1. The molecule has 0 aromatic heterocycles. The molecule has 24 heavy (non-hydrogen) atoms. The fourth-order valence-corrected chi connectivity index (χ4v) is 3.33. The predicted molar refractivity (Wildman–Crippen MR) is 105 cm³/mol. The van der Waals surface area contributed by atoms with Crippen LogP contribution in [0.25, 0.3) is 0 Å². The van der Waals surface area contributed by atoms with Crippen LogP contribution < -0.4 is 5.32 Å². The molecular formula is C18H18Cl3NOS. The first-order valence-corrected chi connectivity index (χ1v) is 9.86. The molecule has 0 aliphatic heterocycles. The molecule has 2 aromatic carbocycles. The molecule has 1 amide bonds. The molecule has 2 rings (SSSR count). The van der Waals surface area contributed by atoms with Crippen molar-refractivity contribution < 1.29 is 4.79 Å². The van der Waals surface area contributed by atoms with Gasteiger partial charge in [0.05, 0.1) is 10.0 Å². The van der Waals surface area contributed by atoms with Crippen molar-refractivity contribution >= 4 is 52.5 Å². The van der Waals surface area contributed by atoms with Gasteiger partial charge in [-0.15, -0.1) is 0 Å². The summed E-state index contributed by atoms with van der Waals surface area (Å²) >= 11 is 19.5. The quantitative estimate of drug-likeness (QED) is 0.580. The van der Waals surface area contributed by atoms with Crippen molar-refractivity contribution in [3.8, 4) is 0 Å². The van der Waals surface area contributed by atoms with Crippen molar-refractivity contribution in [1.82, 2.24) is 5.32 Å². The minimum absolute atomic E-state index is 0.0695. The Morgan fingerprint density at radius 3 is 2.38 bits per heavy atom. The average molecular weight is 403 g/mol. The smallest absolute Gasteiger partial charge is 0.220 e. The third-order valence-electron chi connectivity index (χ3n) is 3.38. The summed E-state index contributed by atoms with van der Waals surface area (Å²) in [5.74, 6) is 1.77. The van der Waals surface area contributed by atoms with Crippen LogP contribution in [-0.4, -0.2) is 18.2 Å². The zero-order valence-corrected chi connectivity index (χ0v) is 16.1. The Morgan fingerprint density at radius 1 is 0.958 bits per heavy atom. The van der Waals surface area contributed by atoms with Crippen molar-refractivity contribution in [3.05, 3.63) is 68.7 Å². The number of amides is 1. The van der Waals surface area contributed by atoms with E-state index in [4.69, 9.17) is 34.8 Å². The van der Waals surface area contributed by atoms with Crippen molar-refractivity contribution in [2.45, 2.75) is 18.6 Å². The lowest BCUT2D eigenvalue weighted by molar-refractivity contribution is -0.120. The van der Waals surface area contributed by atoms with Crippen LogP contribution >= 0.6 is 46.6 Å². The fraction of sp³-hybridized carbons (Fsp3) is 0.278. The number of carbonyl (C=O) groups excluding carboxylic acids is 1. The molecule has 0 radical (unpaired) electrons. The number of thioether (sulfide) groups is 1. The van der Waals surface area contributed by atoms with E-state index in [2.05, 4.69) is 5.32 Å². The van der Waals surface area contributed by atoms with E-state index in [1.807, 2.05) is 36.4 Å². The average Bonchev–Trinajstić information content (AvgIpc) is 2.57. The van der Waals surface area contributed by atoms with E-state index in [0.717, 1.165) is 29.1 Å². The van der Waals surface area contributed by atoms with Gasteiger partial charge in [-0.05, 0) is 41.8 Å². The summed E-state index contributed by atoms with van der Waals surface area (Å²) in [7, 11) is 0. The second kappa shape index (κ2) is 10.2. The Kier molecular flexibility index (Phi) is 8.26. The first-order valence-electron chi connectivity index (χ1n) is 7.57. The van der Waals surface area contributed by atoms with Gasteiger partial charge in [0.25, 0.3) is 0 Å². The zero-order chi connectivity index (χ0) is 17.4. The first kappa shape index (κ1) is 19.5. The second-order valence-corrected chi connectivity index (χ2v) is 7.63. The van der Waals surface area contributed by atoms with E-state index >= 15 is 0 Å². The Labute approximate surface area is 161 Å². The maximum atomic E-state index is 11.8. The summed E-state index contributed by atoms with van der Waals surface area (Å²) in [4.78, 5) is 11.8. The Bertz CT molecular complexity index is 676. The highest BCUT2D eigenvalue weighted by atomic mass is 35.5. The minimum atomic E-state index is 0.0695. The summed E-state index contributed by atoms with van der Waals surface area (Å²) in [5, 5.41) is 4.79. The van der Waals surface area contributed by atoms with E-state index in [-0.39, 0.29) is 5.91 Å². The molecule has 1 N–H and O–H groups in total. The third-order valence-corrected chi connectivity index (χ3v) is 5.40. The lowest BCUT2D eigenvalue weighted by Crippen LogP contribution is -2.25. The van der Waals surface area contributed by atoms with Gasteiger partial charge >= 0.3 is 0 Å². The van der Waals surface area contributed by atoms with Gasteiger partial charge in [-0.2, -0.15) is 11.8 Å². The van der Waals surface area contributed by atoms with Crippen molar-refractivity contribution in [1.29, 1.82) is 0 Å². The van der Waals surface area contributed by atoms with Crippen molar-refractivity contribution in [2.75, 3.05) is 12.3 Å². The summed E-state index contributed by atoms with van der Waals surface area (Å²) in [6.07, 6.45) is 1.21. The summed E-state index contributed by atoms with van der Waals surface area (Å²) in [5.41, 5.74) is 2.24. The van der Waals surface area contributed by atoms with Gasteiger partial charge in [-0.3, -0.25) is 4.79 Å². The van der Waals surface area contributed by atoms with E-state index < -0.39 is 0 Å². The molecule has 0 bridgehead atoms. The molecule has 0 spiro atoms. The standard InChI is InChI=1S/C18H18Cl3NOS/c19-15-5-1-13(2-6-15)4-8-18(23)22-9-10-24-12-14-3-7-16(20)17(21)11-14/h1-3,5-7,11H,4,8-10,12H2,(H,22,23). The van der Waals surface area contributed by atoms with Crippen LogP contribution in [-0.2, 0) is 17.0 Å². The highest BCUT2D eigenvalue weighted by Crippen LogP contribution is 2.24. The van der Waals surface area contributed by atoms with Crippen LogP contribution in [0.1, 0.15) is 17.5 Å². The van der Waals surface area contributed by atoms with Gasteiger partial charge in [0, 0.05) is 29.5 Å². The Morgan fingerprint density at radius 2 is 1.67 bits per heavy atom. The molecule has 0 unspecified atom stereocenters. The monoisotopic (exact) mass is 401 g/mol. The molecule has 0 saturated carbocycles. The second-order valence-electron chi connectivity index (χ2n) is 5.28. The third kappa shape index (κ3) is 6.94. The van der Waals surface area contributed by atoms with Crippen LogP contribution in [0.2, 0.25) is 15.1 Å². The minimum Gasteiger partial charge on any atom is -0.355 e. The van der Waals surface area contributed by atoms with E-state index in [1.165, 1.54) is 0 Å². The maximum absolute atomic E-state index is 11.8. The lowest BCUT2D eigenvalue weighted by atomic mass is 10.1. The number of nitrogens with one attached hydrogen (secondary N) is 1. The van der Waals surface area contributed by atoms with Crippen LogP contribution in [0.4, 0.5) is 0 Å². The fourth-order valence-electron chi connectivity index (χ4n) is 2.08. The van der Waals surface area contributed by atoms with Crippen LogP contribution in [0.15, 0.2) is 42.5 Å². The largest absolute Gasteiger partial charge is 0.355 e. The van der Waals surface area contributed by atoms with Crippen LogP contribution in [0, 0.1) is 0 Å². The molecule has 0 aliphatic rings. The Hall–Kier alpha value is -0.870. The van der Waals surface area contributed by atoms with E-state index in [9.17, 15) is 4.79 Å². The van der Waals surface area contributed by atoms with Crippen molar-refractivity contribution in [2.24, 2.45) is 0 Å². The van der Waals surface area contributed by atoms with Gasteiger partial charge in [-0.1, -0.05) is 53.0 Å². The summed E-state index contributed by atoms with van der Waals surface area (Å²) in [6, 6.07) is 13.2. The molecule has 0 heterocycles. The number of hydrogen-bond donors (Lipinski definition) is 1. The predicted octanol–water partition coefficient (Wildman–Crippen LogP) is 5.63. The molecular weight excluding hydrogens is 385 g/mol. The number of halogens is 3. The highest BCUT2D eigenvalue weighted by Gasteiger charge is 2.03. The molecule has 0 fully saturated rings. The summed E-state index contributed by atoms with van der Waals surface area (Å²) in [6.45, 7) is 0.658. The zero-order valence-electron chi connectivity index (χ0n) is 13.0. The molecule has 0 saturated heterocycles. The highest BCUT2D eigenvalue weighted by molar-refractivity contribution is 7.98. The van der Waals surface area contributed by atoms with Gasteiger partial charge < -0.3 is 5.32 Å². The van der Waals surface area contributed by atoms with E-state index in [1.54, 1.807) is 17.8 Å². The van der Waals surface area contributed by atoms with Crippen LogP contribution in [0.5, 0.6) is 0 Å². The normalized spacial score (nSPS) is 10.6. The molecule has 0 atom stereocenters. The van der Waals surface area contributed by atoms with Gasteiger partial charge in [0.2, 0.25) is 5.91 Å². The molecule has 2 nitrogen and oxygen atoms in total. The van der Waals surface area contributed by atoms with Gasteiger partial charge in [-0.25, -0.2) is 0 Å². The molecule has 128 valence electrons. The van der Waals surface area contributed by atoms with Gasteiger partial charge in [0.15, 0.2) is 0 Å². The van der Waals surface area contributed by atoms with E-state index in [0.29, 0.717) is 28.0 Å². The summed E-state index contributed by atoms with van der Waals surface area (Å²) < 4.78 is 0. The molecule has 2 aromatic rings. The lowest BCUT2D eigenvalue weighted by Gasteiger charge is -2.06. The SMILES string of the molecule is O=C(CCc1ccc(Cl)cc1)NCCSCc1ccc(Cl)c(Cl)c1. The molecule has 0 aliphatic carbocycles. The topological polar surface area (TPSA) is 29.1 Å². The number of hydrogen-bond acceptors (Lipinski definition) is 2. The first-order chi connectivity index (χ1) is 11.5. The van der Waals surface area contributed by atoms with Crippen molar-refractivity contribution in [3.63, 3.8) is 0 Å². The Balaban J connectivity index is 1.59. The maximum Gasteiger partial charge on any atom is 0.220 e. The molecule has 6 heteroatoms.